The number of aliphatic imine (C=N–C) groups is 1. The Morgan fingerprint density at radius 2 is 1.91 bits per heavy atom. The number of hydrogen-bond donors (Lipinski definition) is 1. The third-order valence-electron chi connectivity index (χ3n) is 4.93. The Morgan fingerprint density at radius 1 is 1.27 bits per heavy atom. The van der Waals surface area contributed by atoms with E-state index in [2.05, 4.69) is 42.9 Å². The van der Waals surface area contributed by atoms with Crippen LogP contribution in [-0.4, -0.2) is 46.5 Å². The molecule has 0 aromatic heterocycles. The van der Waals surface area contributed by atoms with E-state index < -0.39 is 10.8 Å². The fourth-order valence-electron chi connectivity index (χ4n) is 2.64. The number of likely N-dealkylation sites (tertiary alicyclic amines) is 1. The summed E-state index contributed by atoms with van der Waals surface area (Å²) >= 11 is 0. The molecule has 5 heteroatoms. The monoisotopic (exact) mass is 321 g/mol. The Balaban J connectivity index is 1.87. The predicted octanol–water partition coefficient (Wildman–Crippen LogP) is 2.49. The molecule has 1 atom stereocenters. The predicted molar refractivity (Wildman–Crippen MR) is 93.6 cm³/mol. The molecule has 1 fully saturated rings. The van der Waals surface area contributed by atoms with E-state index in [1.165, 1.54) is 0 Å². The fraction of sp³-hybridized carbons (Fsp3) is 0.588. The van der Waals surface area contributed by atoms with Gasteiger partial charge in [0.2, 0.25) is 0 Å². The first-order valence-corrected chi connectivity index (χ1v) is 9.03. The minimum atomic E-state index is -0.969. The van der Waals surface area contributed by atoms with Crippen LogP contribution in [0, 0.1) is 5.41 Å². The maximum atomic E-state index is 12.2. The molecule has 1 aliphatic heterocycles. The van der Waals surface area contributed by atoms with Crippen molar-refractivity contribution in [3.8, 4) is 0 Å². The molecule has 1 saturated heterocycles. The third kappa shape index (κ3) is 3.19. The first kappa shape index (κ1) is 17.0. The molecular formula is C17H27N3OS. The van der Waals surface area contributed by atoms with E-state index in [4.69, 9.17) is 0 Å². The fourth-order valence-corrected chi connectivity index (χ4v) is 3.62. The number of nitrogens with zero attached hydrogens (tertiary/aromatic N) is 2. The van der Waals surface area contributed by atoms with Crippen LogP contribution >= 0.6 is 0 Å². The van der Waals surface area contributed by atoms with Crippen molar-refractivity contribution >= 4 is 16.8 Å². The van der Waals surface area contributed by atoms with Crippen molar-refractivity contribution in [3.05, 3.63) is 30.3 Å². The Hall–Kier alpha value is -1.36. The van der Waals surface area contributed by atoms with Gasteiger partial charge in [0.25, 0.3) is 0 Å². The Bertz CT molecular complexity index is 567. The summed E-state index contributed by atoms with van der Waals surface area (Å²) in [4.78, 5) is 7.54. The lowest BCUT2D eigenvalue weighted by Crippen LogP contribution is -2.72. The Kier molecular flexibility index (Phi) is 4.95. The summed E-state index contributed by atoms with van der Waals surface area (Å²) in [5.74, 6) is 1.48. The zero-order chi connectivity index (χ0) is 16.4. The number of nitrogens with one attached hydrogen (secondary N) is 1. The van der Waals surface area contributed by atoms with Gasteiger partial charge in [-0.05, 0) is 26.0 Å². The van der Waals surface area contributed by atoms with Gasteiger partial charge in [0.1, 0.15) is 0 Å². The van der Waals surface area contributed by atoms with Gasteiger partial charge in [-0.3, -0.25) is 9.20 Å². The van der Waals surface area contributed by atoms with Crippen LogP contribution in [-0.2, 0) is 10.8 Å². The van der Waals surface area contributed by atoms with Gasteiger partial charge >= 0.3 is 0 Å². The number of hydrogen-bond acceptors (Lipinski definition) is 2. The Morgan fingerprint density at radius 3 is 2.41 bits per heavy atom. The maximum Gasteiger partial charge on any atom is 0.194 e. The molecule has 0 spiro atoms. The van der Waals surface area contributed by atoms with Crippen molar-refractivity contribution in [2.24, 2.45) is 10.4 Å². The molecular weight excluding hydrogens is 294 g/mol. The molecule has 0 amide bonds. The van der Waals surface area contributed by atoms with Gasteiger partial charge in [-0.25, -0.2) is 0 Å². The molecule has 1 N–H and O–H groups in total. The van der Waals surface area contributed by atoms with Crippen molar-refractivity contribution in [3.63, 3.8) is 0 Å². The van der Waals surface area contributed by atoms with E-state index >= 15 is 0 Å². The highest BCUT2D eigenvalue weighted by molar-refractivity contribution is 7.85. The van der Waals surface area contributed by atoms with Gasteiger partial charge in [-0.15, -0.1) is 0 Å². The normalized spacial score (nSPS) is 21.1. The van der Waals surface area contributed by atoms with E-state index in [-0.39, 0.29) is 11.0 Å². The molecule has 0 bridgehead atoms. The zero-order valence-electron chi connectivity index (χ0n) is 14.2. The minimum Gasteiger partial charge on any atom is -0.355 e. The van der Waals surface area contributed by atoms with Crippen LogP contribution in [0.5, 0.6) is 0 Å². The largest absolute Gasteiger partial charge is 0.355 e. The van der Waals surface area contributed by atoms with Crippen LogP contribution in [0.15, 0.2) is 40.2 Å². The number of guanidine groups is 1. The first-order valence-electron chi connectivity index (χ1n) is 7.71. The SMILES string of the molecule is CN=C(NCCS(=O)c1ccccc1)N1CC(C)(C)C1(C)C. The highest BCUT2D eigenvalue weighted by Crippen LogP contribution is 2.46. The van der Waals surface area contributed by atoms with Crippen molar-refractivity contribution in [2.75, 3.05) is 25.9 Å². The summed E-state index contributed by atoms with van der Waals surface area (Å²) in [6.07, 6.45) is 0. The van der Waals surface area contributed by atoms with Gasteiger partial charge < -0.3 is 10.2 Å². The highest BCUT2D eigenvalue weighted by Gasteiger charge is 2.53. The van der Waals surface area contributed by atoms with Crippen molar-refractivity contribution in [1.29, 1.82) is 0 Å². The zero-order valence-corrected chi connectivity index (χ0v) is 15.0. The van der Waals surface area contributed by atoms with E-state index in [0.29, 0.717) is 12.3 Å². The van der Waals surface area contributed by atoms with Gasteiger partial charge in [-0.1, -0.05) is 32.0 Å². The molecule has 4 nitrogen and oxygen atoms in total. The van der Waals surface area contributed by atoms with Crippen LogP contribution in [0.2, 0.25) is 0 Å². The second-order valence-electron chi connectivity index (χ2n) is 6.87. The van der Waals surface area contributed by atoms with Gasteiger partial charge in [0.15, 0.2) is 5.96 Å². The van der Waals surface area contributed by atoms with E-state index in [9.17, 15) is 4.21 Å². The summed E-state index contributed by atoms with van der Waals surface area (Å²) in [5, 5.41) is 3.35. The highest BCUT2D eigenvalue weighted by atomic mass is 32.2. The summed E-state index contributed by atoms with van der Waals surface area (Å²) in [6.45, 7) is 10.7. The molecule has 122 valence electrons. The molecule has 1 heterocycles. The smallest absolute Gasteiger partial charge is 0.194 e. The van der Waals surface area contributed by atoms with Crippen molar-refractivity contribution < 1.29 is 4.21 Å². The second-order valence-corrected chi connectivity index (χ2v) is 8.44. The molecule has 0 aliphatic carbocycles. The second kappa shape index (κ2) is 6.41. The third-order valence-corrected chi connectivity index (χ3v) is 6.30. The topological polar surface area (TPSA) is 44.7 Å². The van der Waals surface area contributed by atoms with Crippen LogP contribution in [0.1, 0.15) is 27.7 Å². The average Bonchev–Trinajstić information content (AvgIpc) is 2.50. The molecule has 2 rings (SSSR count). The van der Waals surface area contributed by atoms with Crippen LogP contribution in [0.25, 0.3) is 0 Å². The lowest BCUT2D eigenvalue weighted by Gasteiger charge is -2.62. The summed E-state index contributed by atoms with van der Waals surface area (Å²) in [5.41, 5.74) is 0.352. The summed E-state index contributed by atoms with van der Waals surface area (Å²) in [7, 11) is 0.834. The van der Waals surface area contributed by atoms with E-state index in [1.54, 1.807) is 7.05 Å². The maximum absolute atomic E-state index is 12.2. The molecule has 0 saturated carbocycles. The summed E-state index contributed by atoms with van der Waals surface area (Å²) < 4.78 is 12.2. The molecule has 1 aromatic rings. The molecule has 22 heavy (non-hydrogen) atoms. The van der Waals surface area contributed by atoms with Crippen LogP contribution in [0.4, 0.5) is 0 Å². The molecule has 0 radical (unpaired) electrons. The molecule has 1 aliphatic rings. The number of benzene rings is 1. The van der Waals surface area contributed by atoms with Crippen molar-refractivity contribution in [1.82, 2.24) is 10.2 Å². The standard InChI is InChI=1S/C17H27N3OS/c1-16(2)13-20(17(16,3)4)15(18-5)19-11-12-22(21)14-9-7-6-8-10-14/h6-10H,11-13H2,1-5H3,(H,18,19). The van der Waals surface area contributed by atoms with Crippen LogP contribution in [0.3, 0.4) is 0 Å². The van der Waals surface area contributed by atoms with Crippen molar-refractivity contribution in [2.45, 2.75) is 38.1 Å². The first-order chi connectivity index (χ1) is 10.3. The van der Waals surface area contributed by atoms with Gasteiger partial charge in [-0.2, -0.15) is 0 Å². The van der Waals surface area contributed by atoms with Gasteiger partial charge in [0, 0.05) is 41.7 Å². The molecule has 1 unspecified atom stereocenters. The molecule has 1 aromatic carbocycles. The van der Waals surface area contributed by atoms with Crippen LogP contribution < -0.4 is 5.32 Å². The minimum absolute atomic E-state index is 0.0768. The average molecular weight is 321 g/mol. The quantitative estimate of drug-likeness (QED) is 0.684. The van der Waals surface area contributed by atoms with E-state index in [0.717, 1.165) is 17.4 Å². The number of rotatable bonds is 4. The van der Waals surface area contributed by atoms with E-state index in [1.807, 2.05) is 30.3 Å². The van der Waals surface area contributed by atoms with Gasteiger partial charge in [0.05, 0.1) is 10.8 Å². The lowest BCUT2D eigenvalue weighted by molar-refractivity contribution is -0.0666. The summed E-state index contributed by atoms with van der Waals surface area (Å²) in [6, 6.07) is 9.60. The lowest BCUT2D eigenvalue weighted by atomic mass is 9.65. The Labute approximate surface area is 136 Å².